The maximum Gasteiger partial charge on any atom is 0.240 e. The minimum absolute atomic E-state index is 0.0712. The van der Waals surface area contributed by atoms with Crippen LogP contribution in [0.3, 0.4) is 0 Å². The van der Waals surface area contributed by atoms with Crippen LogP contribution < -0.4 is 10.0 Å². The highest BCUT2D eigenvalue weighted by molar-refractivity contribution is 7.99. The van der Waals surface area contributed by atoms with Gasteiger partial charge in [0.2, 0.25) is 15.9 Å². The summed E-state index contributed by atoms with van der Waals surface area (Å²) in [7, 11) is -3.59. The average Bonchev–Trinajstić information content (AvgIpc) is 2.75. The smallest absolute Gasteiger partial charge is 0.240 e. The van der Waals surface area contributed by atoms with E-state index in [2.05, 4.69) is 21.9 Å². The van der Waals surface area contributed by atoms with Crippen molar-refractivity contribution < 1.29 is 13.2 Å². The number of likely N-dealkylation sites (tertiary alicyclic amines) is 1. The van der Waals surface area contributed by atoms with Crippen LogP contribution in [0.2, 0.25) is 0 Å². The molecule has 0 unspecified atom stereocenters. The first kappa shape index (κ1) is 19.7. The molecular formula is C18H27N3O3S2. The predicted octanol–water partition coefficient (Wildman–Crippen LogP) is 2.38. The highest BCUT2D eigenvalue weighted by Gasteiger charge is 2.23. The molecule has 0 radical (unpaired) electrons. The molecule has 26 heavy (non-hydrogen) atoms. The molecule has 144 valence electrons. The highest BCUT2D eigenvalue weighted by Crippen LogP contribution is 2.34. The number of carbonyl (C=O) groups is 1. The van der Waals surface area contributed by atoms with E-state index < -0.39 is 10.0 Å². The minimum atomic E-state index is -3.59. The maximum atomic E-state index is 12.6. The molecule has 1 fully saturated rings. The van der Waals surface area contributed by atoms with E-state index in [0.29, 0.717) is 18.0 Å². The quantitative estimate of drug-likeness (QED) is 0.798. The summed E-state index contributed by atoms with van der Waals surface area (Å²) >= 11 is 1.57. The standard InChI is InChI=1S/C18H27N3O3S2/c1-13-5-8-21(9-6-13)10-7-19-26(23,24)15-3-4-17-16(11-15)20-18(22)14(2)12-25-17/h3-4,11,13-14,19H,5-10,12H2,1-2H3,(H,20,22)/t14-/m0/s1. The summed E-state index contributed by atoms with van der Waals surface area (Å²) in [6.45, 7) is 7.31. The Hall–Kier alpha value is -1.09. The SMILES string of the molecule is CC1CCN(CCNS(=O)(=O)c2ccc3c(c2)NC(=O)[C@@H](C)CS3)CC1. The summed E-state index contributed by atoms with van der Waals surface area (Å²) < 4.78 is 27.9. The van der Waals surface area contributed by atoms with Crippen LogP contribution in [0.15, 0.2) is 28.0 Å². The third kappa shape index (κ3) is 4.79. The van der Waals surface area contributed by atoms with Gasteiger partial charge in [0.1, 0.15) is 0 Å². The van der Waals surface area contributed by atoms with E-state index in [4.69, 9.17) is 0 Å². The zero-order chi connectivity index (χ0) is 18.7. The molecule has 1 atom stereocenters. The molecule has 2 aliphatic rings. The van der Waals surface area contributed by atoms with Crippen molar-refractivity contribution in [3.63, 3.8) is 0 Å². The first-order valence-corrected chi connectivity index (χ1v) is 11.6. The summed E-state index contributed by atoms with van der Waals surface area (Å²) in [6, 6.07) is 4.95. The number of carbonyl (C=O) groups excluding carboxylic acids is 1. The first-order chi connectivity index (χ1) is 12.3. The monoisotopic (exact) mass is 397 g/mol. The van der Waals surface area contributed by atoms with Gasteiger partial charge >= 0.3 is 0 Å². The number of nitrogens with one attached hydrogen (secondary N) is 2. The van der Waals surface area contributed by atoms with Gasteiger partial charge in [-0.25, -0.2) is 13.1 Å². The largest absolute Gasteiger partial charge is 0.325 e. The summed E-state index contributed by atoms with van der Waals surface area (Å²) in [6.07, 6.45) is 2.35. The maximum absolute atomic E-state index is 12.6. The summed E-state index contributed by atoms with van der Waals surface area (Å²) in [5, 5.41) is 2.84. The van der Waals surface area contributed by atoms with Gasteiger partial charge in [-0.05, 0) is 50.0 Å². The molecule has 1 aromatic rings. The summed E-state index contributed by atoms with van der Waals surface area (Å²) in [5.74, 6) is 1.28. The van der Waals surface area contributed by atoms with Gasteiger partial charge in [0.05, 0.1) is 10.6 Å². The number of thioether (sulfide) groups is 1. The molecule has 2 aliphatic heterocycles. The van der Waals surface area contributed by atoms with Gasteiger partial charge in [0, 0.05) is 29.7 Å². The van der Waals surface area contributed by atoms with Crippen molar-refractivity contribution in [3.8, 4) is 0 Å². The van der Waals surface area contributed by atoms with Crippen molar-refractivity contribution in [1.82, 2.24) is 9.62 Å². The van der Waals surface area contributed by atoms with E-state index in [1.165, 1.54) is 12.8 Å². The number of rotatable bonds is 5. The molecule has 1 aromatic carbocycles. The Morgan fingerprint density at radius 3 is 2.73 bits per heavy atom. The van der Waals surface area contributed by atoms with E-state index in [1.54, 1.807) is 30.0 Å². The lowest BCUT2D eigenvalue weighted by atomic mass is 9.99. The minimum Gasteiger partial charge on any atom is -0.325 e. The number of anilines is 1. The number of nitrogens with zero attached hydrogens (tertiary/aromatic N) is 1. The Morgan fingerprint density at radius 1 is 1.27 bits per heavy atom. The molecule has 2 heterocycles. The van der Waals surface area contributed by atoms with Crippen molar-refractivity contribution in [3.05, 3.63) is 18.2 Å². The Bertz CT molecular complexity index is 759. The van der Waals surface area contributed by atoms with Crippen molar-refractivity contribution in [2.45, 2.75) is 36.5 Å². The van der Waals surface area contributed by atoms with Crippen LogP contribution >= 0.6 is 11.8 Å². The molecule has 0 aliphatic carbocycles. The molecule has 0 spiro atoms. The lowest BCUT2D eigenvalue weighted by Crippen LogP contribution is -2.39. The molecule has 0 saturated carbocycles. The van der Waals surface area contributed by atoms with Crippen LogP contribution in [0.5, 0.6) is 0 Å². The molecule has 0 aromatic heterocycles. The fourth-order valence-corrected chi connectivity index (χ4v) is 5.21. The number of sulfonamides is 1. The Balaban J connectivity index is 1.62. The lowest BCUT2D eigenvalue weighted by molar-refractivity contribution is -0.118. The number of piperidine rings is 1. The average molecular weight is 398 g/mol. The number of hydrogen-bond acceptors (Lipinski definition) is 5. The Kier molecular flexibility index (Phi) is 6.27. The van der Waals surface area contributed by atoms with Crippen LogP contribution in [0.25, 0.3) is 0 Å². The van der Waals surface area contributed by atoms with Crippen LogP contribution in [-0.2, 0) is 14.8 Å². The molecule has 8 heteroatoms. The molecule has 1 amide bonds. The zero-order valence-electron chi connectivity index (χ0n) is 15.3. The Labute approximate surface area is 160 Å². The summed E-state index contributed by atoms with van der Waals surface area (Å²) in [5.41, 5.74) is 0.581. The molecule has 0 bridgehead atoms. The number of fused-ring (bicyclic) bond motifs is 1. The number of benzene rings is 1. The van der Waals surface area contributed by atoms with Gasteiger partial charge < -0.3 is 10.2 Å². The first-order valence-electron chi connectivity index (χ1n) is 9.15. The van der Waals surface area contributed by atoms with Crippen molar-refractivity contribution in [2.75, 3.05) is 37.2 Å². The van der Waals surface area contributed by atoms with E-state index in [9.17, 15) is 13.2 Å². The second-order valence-electron chi connectivity index (χ2n) is 7.28. The van der Waals surface area contributed by atoms with Gasteiger partial charge in [0.25, 0.3) is 0 Å². The molecule has 1 saturated heterocycles. The van der Waals surface area contributed by atoms with E-state index >= 15 is 0 Å². The number of amides is 1. The fourth-order valence-electron chi connectivity index (χ4n) is 3.15. The third-order valence-corrected chi connectivity index (χ3v) is 7.84. The second kappa shape index (κ2) is 8.29. The third-order valence-electron chi connectivity index (χ3n) is 5.05. The molecule has 3 rings (SSSR count). The van der Waals surface area contributed by atoms with E-state index in [0.717, 1.165) is 30.4 Å². The lowest BCUT2D eigenvalue weighted by Gasteiger charge is -2.30. The van der Waals surface area contributed by atoms with Crippen LogP contribution in [0.1, 0.15) is 26.7 Å². The fraction of sp³-hybridized carbons (Fsp3) is 0.611. The van der Waals surface area contributed by atoms with Crippen molar-refractivity contribution in [2.24, 2.45) is 11.8 Å². The predicted molar refractivity (Wildman–Crippen MR) is 105 cm³/mol. The van der Waals surface area contributed by atoms with Gasteiger partial charge in [-0.2, -0.15) is 0 Å². The van der Waals surface area contributed by atoms with Gasteiger partial charge in [-0.15, -0.1) is 11.8 Å². The van der Waals surface area contributed by atoms with Gasteiger partial charge in [-0.3, -0.25) is 4.79 Å². The highest BCUT2D eigenvalue weighted by atomic mass is 32.2. The number of hydrogen-bond donors (Lipinski definition) is 2. The normalized spacial score (nSPS) is 22.5. The van der Waals surface area contributed by atoms with Gasteiger partial charge in [0.15, 0.2) is 0 Å². The topological polar surface area (TPSA) is 78.5 Å². The van der Waals surface area contributed by atoms with Gasteiger partial charge in [-0.1, -0.05) is 13.8 Å². The van der Waals surface area contributed by atoms with Crippen LogP contribution in [-0.4, -0.2) is 51.2 Å². The van der Waals surface area contributed by atoms with Crippen molar-refractivity contribution >= 4 is 33.4 Å². The summed E-state index contributed by atoms with van der Waals surface area (Å²) in [4.78, 5) is 15.4. The van der Waals surface area contributed by atoms with Crippen LogP contribution in [0.4, 0.5) is 5.69 Å². The van der Waals surface area contributed by atoms with E-state index in [1.807, 2.05) is 6.92 Å². The van der Waals surface area contributed by atoms with Crippen molar-refractivity contribution in [1.29, 1.82) is 0 Å². The zero-order valence-corrected chi connectivity index (χ0v) is 17.0. The molecule has 2 N–H and O–H groups in total. The Morgan fingerprint density at radius 2 is 2.00 bits per heavy atom. The second-order valence-corrected chi connectivity index (χ2v) is 10.1. The molecular weight excluding hydrogens is 370 g/mol. The molecule has 6 nitrogen and oxygen atoms in total. The van der Waals surface area contributed by atoms with Crippen LogP contribution in [0, 0.1) is 11.8 Å². The van der Waals surface area contributed by atoms with E-state index in [-0.39, 0.29) is 16.7 Å².